The number of nitrogens with one attached hydrogen (secondary N) is 1. The lowest BCUT2D eigenvalue weighted by molar-refractivity contribution is 0.187. The molecule has 0 saturated carbocycles. The Morgan fingerprint density at radius 3 is 1.73 bits per heavy atom. The molecule has 0 saturated heterocycles. The van der Waals surface area contributed by atoms with Crippen LogP contribution in [0.15, 0.2) is 48.6 Å². The molecule has 3 nitrogen and oxygen atoms in total. The van der Waals surface area contributed by atoms with Crippen molar-refractivity contribution in [2.24, 2.45) is 0 Å². The van der Waals surface area contributed by atoms with Crippen molar-refractivity contribution < 1.29 is 9.90 Å². The van der Waals surface area contributed by atoms with Gasteiger partial charge in [0.2, 0.25) is 0 Å². The van der Waals surface area contributed by atoms with Crippen molar-refractivity contribution in [3.05, 3.63) is 48.6 Å². The van der Waals surface area contributed by atoms with Gasteiger partial charge in [0.05, 0.1) is 0 Å². The van der Waals surface area contributed by atoms with Gasteiger partial charge in [0, 0.05) is 6.04 Å². The van der Waals surface area contributed by atoms with Crippen molar-refractivity contribution in [3.63, 3.8) is 0 Å². The molecule has 0 aliphatic carbocycles. The van der Waals surface area contributed by atoms with Crippen LogP contribution in [0.1, 0.15) is 110 Å². The minimum atomic E-state index is -0.896. The molecule has 1 unspecified atom stereocenters. The summed E-state index contributed by atoms with van der Waals surface area (Å²) in [5.41, 5.74) is 0. The fourth-order valence-corrected chi connectivity index (χ4v) is 3.41. The monoisotopic (exact) mass is 417 g/mol. The van der Waals surface area contributed by atoms with E-state index in [-0.39, 0.29) is 6.04 Å². The van der Waals surface area contributed by atoms with Gasteiger partial charge in [-0.15, -0.1) is 0 Å². The van der Waals surface area contributed by atoms with Crippen LogP contribution in [-0.4, -0.2) is 17.2 Å². The van der Waals surface area contributed by atoms with E-state index in [1.165, 1.54) is 64.2 Å². The quantitative estimate of drug-likeness (QED) is 0.154. The molecule has 0 aromatic rings. The topological polar surface area (TPSA) is 49.3 Å². The van der Waals surface area contributed by atoms with E-state index in [4.69, 9.17) is 5.11 Å². The number of rotatable bonds is 20. The summed E-state index contributed by atoms with van der Waals surface area (Å²) in [6.07, 6.45) is 33.7. The molecule has 0 fully saturated rings. The van der Waals surface area contributed by atoms with E-state index in [2.05, 4.69) is 55.6 Å². The van der Waals surface area contributed by atoms with Gasteiger partial charge in [0.1, 0.15) is 0 Å². The van der Waals surface area contributed by atoms with Gasteiger partial charge < -0.3 is 10.4 Å². The van der Waals surface area contributed by atoms with Gasteiger partial charge in [-0.25, -0.2) is 4.79 Å². The maximum Gasteiger partial charge on any atom is 0.404 e. The zero-order chi connectivity index (χ0) is 22.1. The fourth-order valence-electron chi connectivity index (χ4n) is 3.41. The molecule has 0 aliphatic rings. The standard InChI is InChI=1S/C27H47NO2/c1-3-5-7-9-11-12-13-14-15-16-17-19-21-23-25-26(28-27(29)30)24-22-20-18-10-8-6-4-2/h11-17,19,26,28H,3-10,18,20-25H2,1-2H3,(H,29,30). The summed E-state index contributed by atoms with van der Waals surface area (Å²) < 4.78 is 0. The van der Waals surface area contributed by atoms with Gasteiger partial charge in [-0.1, -0.05) is 120 Å². The van der Waals surface area contributed by atoms with E-state index in [0.29, 0.717) is 0 Å². The second-order valence-corrected chi connectivity index (χ2v) is 8.11. The van der Waals surface area contributed by atoms with E-state index in [0.717, 1.165) is 32.1 Å². The Bertz CT molecular complexity index is 491. The minimum absolute atomic E-state index is 0.0918. The van der Waals surface area contributed by atoms with Gasteiger partial charge in [0.25, 0.3) is 0 Å². The number of hydrogen-bond acceptors (Lipinski definition) is 1. The van der Waals surface area contributed by atoms with E-state index in [9.17, 15) is 4.79 Å². The first kappa shape index (κ1) is 28.2. The Balaban J connectivity index is 3.86. The number of hydrogen-bond donors (Lipinski definition) is 2. The number of carboxylic acid groups (broad SMARTS) is 1. The largest absolute Gasteiger partial charge is 0.465 e. The average molecular weight is 418 g/mol. The van der Waals surface area contributed by atoms with Gasteiger partial charge in [-0.3, -0.25) is 0 Å². The van der Waals surface area contributed by atoms with Crippen LogP contribution in [0, 0.1) is 0 Å². The molecule has 0 spiro atoms. The highest BCUT2D eigenvalue weighted by Gasteiger charge is 2.10. The Morgan fingerprint density at radius 1 is 0.667 bits per heavy atom. The van der Waals surface area contributed by atoms with Crippen LogP contribution in [-0.2, 0) is 0 Å². The zero-order valence-electron chi connectivity index (χ0n) is 19.7. The Kier molecular flexibility index (Phi) is 22.1. The predicted octanol–water partition coefficient (Wildman–Crippen LogP) is 8.74. The smallest absolute Gasteiger partial charge is 0.404 e. The second kappa shape index (κ2) is 23.5. The van der Waals surface area contributed by atoms with Gasteiger partial charge in [0.15, 0.2) is 0 Å². The molecule has 30 heavy (non-hydrogen) atoms. The van der Waals surface area contributed by atoms with Crippen molar-refractivity contribution in [2.45, 2.75) is 116 Å². The van der Waals surface area contributed by atoms with Gasteiger partial charge >= 0.3 is 6.09 Å². The maximum absolute atomic E-state index is 11.0. The van der Waals surface area contributed by atoms with E-state index >= 15 is 0 Å². The Morgan fingerprint density at radius 2 is 1.13 bits per heavy atom. The third-order valence-corrected chi connectivity index (χ3v) is 5.21. The molecule has 0 bridgehead atoms. The lowest BCUT2D eigenvalue weighted by Gasteiger charge is -2.16. The van der Waals surface area contributed by atoms with Crippen LogP contribution in [0.5, 0.6) is 0 Å². The summed E-state index contributed by atoms with van der Waals surface area (Å²) in [7, 11) is 0. The number of amides is 1. The van der Waals surface area contributed by atoms with Crippen molar-refractivity contribution in [3.8, 4) is 0 Å². The molecular weight excluding hydrogens is 370 g/mol. The highest BCUT2D eigenvalue weighted by Crippen LogP contribution is 2.13. The van der Waals surface area contributed by atoms with Crippen LogP contribution >= 0.6 is 0 Å². The molecule has 172 valence electrons. The number of unbranched alkanes of at least 4 members (excludes halogenated alkanes) is 10. The Labute approximate surface area is 186 Å². The summed E-state index contributed by atoms with van der Waals surface area (Å²) in [6, 6.07) is 0.0918. The predicted molar refractivity (Wildman–Crippen MR) is 132 cm³/mol. The van der Waals surface area contributed by atoms with E-state index in [1.807, 2.05) is 12.2 Å². The molecule has 0 heterocycles. The molecule has 1 amide bonds. The molecule has 0 radical (unpaired) electrons. The molecule has 0 aromatic heterocycles. The van der Waals surface area contributed by atoms with Crippen LogP contribution in [0.3, 0.4) is 0 Å². The highest BCUT2D eigenvalue weighted by atomic mass is 16.4. The fraction of sp³-hybridized carbons (Fsp3) is 0.667. The summed E-state index contributed by atoms with van der Waals surface area (Å²) in [5, 5.41) is 11.8. The molecule has 1 atom stereocenters. The zero-order valence-corrected chi connectivity index (χ0v) is 19.7. The lowest BCUT2D eigenvalue weighted by Crippen LogP contribution is -2.33. The first-order valence-corrected chi connectivity index (χ1v) is 12.3. The maximum atomic E-state index is 11.0. The SMILES string of the molecule is CCCCCC=CC=CC=CC=CCCCC(CCCCCCCCC)NC(=O)O. The van der Waals surface area contributed by atoms with Crippen LogP contribution in [0.4, 0.5) is 4.79 Å². The molecule has 2 N–H and O–H groups in total. The lowest BCUT2D eigenvalue weighted by atomic mass is 10.0. The average Bonchev–Trinajstić information content (AvgIpc) is 2.72. The summed E-state index contributed by atoms with van der Waals surface area (Å²) in [4.78, 5) is 11.0. The normalized spacial score (nSPS) is 13.3. The molecule has 0 aromatic carbocycles. The Hall–Kier alpha value is -1.77. The van der Waals surface area contributed by atoms with E-state index in [1.54, 1.807) is 0 Å². The molecular formula is C27H47NO2. The first-order valence-electron chi connectivity index (χ1n) is 12.3. The number of carbonyl (C=O) groups is 1. The van der Waals surface area contributed by atoms with Crippen molar-refractivity contribution in [1.82, 2.24) is 5.32 Å². The molecule has 0 aliphatic heterocycles. The summed E-state index contributed by atoms with van der Waals surface area (Å²) >= 11 is 0. The third-order valence-electron chi connectivity index (χ3n) is 5.21. The summed E-state index contributed by atoms with van der Waals surface area (Å²) in [6.45, 7) is 4.46. The van der Waals surface area contributed by atoms with Crippen LogP contribution in [0.2, 0.25) is 0 Å². The third kappa shape index (κ3) is 22.5. The van der Waals surface area contributed by atoms with Crippen molar-refractivity contribution >= 4 is 6.09 Å². The summed E-state index contributed by atoms with van der Waals surface area (Å²) in [5.74, 6) is 0. The van der Waals surface area contributed by atoms with Crippen molar-refractivity contribution in [1.29, 1.82) is 0 Å². The first-order chi connectivity index (χ1) is 14.7. The van der Waals surface area contributed by atoms with Gasteiger partial charge in [-0.05, 0) is 38.5 Å². The second-order valence-electron chi connectivity index (χ2n) is 8.11. The molecule has 0 rings (SSSR count). The highest BCUT2D eigenvalue weighted by molar-refractivity contribution is 5.64. The number of allylic oxidation sites excluding steroid dienone is 8. The minimum Gasteiger partial charge on any atom is -0.465 e. The molecule has 3 heteroatoms. The van der Waals surface area contributed by atoms with E-state index < -0.39 is 6.09 Å². The van der Waals surface area contributed by atoms with Gasteiger partial charge in [-0.2, -0.15) is 0 Å². The van der Waals surface area contributed by atoms with Crippen LogP contribution in [0.25, 0.3) is 0 Å². The van der Waals surface area contributed by atoms with Crippen molar-refractivity contribution in [2.75, 3.05) is 0 Å². The van der Waals surface area contributed by atoms with Crippen LogP contribution < -0.4 is 5.32 Å².